The van der Waals surface area contributed by atoms with Gasteiger partial charge >= 0.3 is 0 Å². The number of carbonyl (C=O) groups is 1. The third-order valence-corrected chi connectivity index (χ3v) is 3.04. The lowest BCUT2D eigenvalue weighted by atomic mass is 10.1. The van der Waals surface area contributed by atoms with E-state index in [0.717, 1.165) is 17.8 Å². The van der Waals surface area contributed by atoms with Crippen molar-refractivity contribution < 1.29 is 4.79 Å². The van der Waals surface area contributed by atoms with E-state index in [1.54, 1.807) is 18.3 Å². The standard InChI is InChI=1S/C15H19N5O/c1-2-12-9-11(10-14(19-12)20-16)15(21)18-8-6-13-5-3-4-7-17-13/h3-5,7,9-10H,2,6,8,16H2,1H3,(H,18,21)(H,19,20). The molecular formula is C15H19N5O. The number of hydrogen-bond acceptors (Lipinski definition) is 5. The summed E-state index contributed by atoms with van der Waals surface area (Å²) >= 11 is 0. The summed E-state index contributed by atoms with van der Waals surface area (Å²) in [5.41, 5.74) is 4.80. The maximum absolute atomic E-state index is 12.1. The monoisotopic (exact) mass is 285 g/mol. The number of nitrogens with zero attached hydrogens (tertiary/aromatic N) is 2. The van der Waals surface area contributed by atoms with Gasteiger partial charge < -0.3 is 10.7 Å². The van der Waals surface area contributed by atoms with Crippen molar-refractivity contribution in [3.63, 3.8) is 0 Å². The van der Waals surface area contributed by atoms with Crippen molar-refractivity contribution in [3.8, 4) is 0 Å². The largest absolute Gasteiger partial charge is 0.352 e. The Kier molecular flexibility index (Phi) is 5.22. The van der Waals surface area contributed by atoms with Gasteiger partial charge in [0.15, 0.2) is 0 Å². The molecule has 0 saturated carbocycles. The first kappa shape index (κ1) is 14.9. The Hall–Kier alpha value is -2.47. The van der Waals surface area contributed by atoms with Crippen molar-refractivity contribution in [2.45, 2.75) is 19.8 Å². The lowest BCUT2D eigenvalue weighted by Gasteiger charge is -2.08. The van der Waals surface area contributed by atoms with E-state index in [4.69, 9.17) is 5.84 Å². The Balaban J connectivity index is 1.97. The lowest BCUT2D eigenvalue weighted by molar-refractivity contribution is 0.0954. The Morgan fingerprint density at radius 2 is 2.14 bits per heavy atom. The summed E-state index contributed by atoms with van der Waals surface area (Å²) in [6, 6.07) is 9.14. The van der Waals surface area contributed by atoms with Gasteiger partial charge in [-0.1, -0.05) is 13.0 Å². The second kappa shape index (κ2) is 7.35. The number of aromatic nitrogens is 2. The van der Waals surface area contributed by atoms with E-state index in [1.165, 1.54) is 0 Å². The van der Waals surface area contributed by atoms with Gasteiger partial charge in [0.05, 0.1) is 0 Å². The number of pyridine rings is 2. The second-order valence-electron chi connectivity index (χ2n) is 4.56. The minimum absolute atomic E-state index is 0.139. The van der Waals surface area contributed by atoms with Gasteiger partial charge in [0, 0.05) is 36.1 Å². The second-order valence-corrected chi connectivity index (χ2v) is 4.56. The Morgan fingerprint density at radius 3 is 2.81 bits per heavy atom. The molecule has 4 N–H and O–H groups in total. The highest BCUT2D eigenvalue weighted by Gasteiger charge is 2.09. The molecule has 2 aromatic heterocycles. The predicted octanol–water partition coefficient (Wildman–Crippen LogP) is 1.30. The van der Waals surface area contributed by atoms with E-state index in [1.807, 2.05) is 25.1 Å². The van der Waals surface area contributed by atoms with Crippen molar-refractivity contribution in [2.24, 2.45) is 5.84 Å². The Morgan fingerprint density at radius 1 is 1.29 bits per heavy atom. The maximum Gasteiger partial charge on any atom is 0.251 e. The fraction of sp³-hybridized carbons (Fsp3) is 0.267. The van der Waals surface area contributed by atoms with E-state index < -0.39 is 0 Å². The van der Waals surface area contributed by atoms with Crippen LogP contribution in [0.1, 0.15) is 28.7 Å². The number of nitrogens with one attached hydrogen (secondary N) is 2. The molecule has 2 rings (SSSR count). The Bertz CT molecular complexity index is 578. The fourth-order valence-corrected chi connectivity index (χ4v) is 1.93. The zero-order valence-corrected chi connectivity index (χ0v) is 12.0. The molecule has 2 heterocycles. The molecule has 110 valence electrons. The summed E-state index contributed by atoms with van der Waals surface area (Å²) in [6.45, 7) is 2.51. The van der Waals surface area contributed by atoms with Gasteiger partial charge in [0.2, 0.25) is 0 Å². The fourth-order valence-electron chi connectivity index (χ4n) is 1.93. The molecule has 2 aromatic rings. The van der Waals surface area contributed by atoms with Crippen molar-refractivity contribution in [2.75, 3.05) is 12.0 Å². The Labute approximate surface area is 123 Å². The molecule has 0 bridgehead atoms. The number of hydrazine groups is 1. The van der Waals surface area contributed by atoms with Gasteiger partial charge in [-0.15, -0.1) is 0 Å². The number of amides is 1. The number of carbonyl (C=O) groups excluding carboxylic acids is 1. The molecule has 6 nitrogen and oxygen atoms in total. The van der Waals surface area contributed by atoms with Gasteiger partial charge in [0.25, 0.3) is 5.91 Å². The average Bonchev–Trinajstić information content (AvgIpc) is 2.55. The quantitative estimate of drug-likeness (QED) is 0.549. The first-order valence-electron chi connectivity index (χ1n) is 6.88. The van der Waals surface area contributed by atoms with Gasteiger partial charge in [-0.2, -0.15) is 0 Å². The van der Waals surface area contributed by atoms with Crippen LogP contribution in [0.25, 0.3) is 0 Å². The third kappa shape index (κ3) is 4.25. The number of rotatable bonds is 6. The molecule has 0 aromatic carbocycles. The van der Waals surface area contributed by atoms with Crippen LogP contribution in [-0.2, 0) is 12.8 Å². The van der Waals surface area contributed by atoms with Crippen LogP contribution in [-0.4, -0.2) is 22.4 Å². The highest BCUT2D eigenvalue weighted by Crippen LogP contribution is 2.10. The van der Waals surface area contributed by atoms with Crippen LogP contribution < -0.4 is 16.6 Å². The molecule has 0 aliphatic rings. The molecule has 1 amide bonds. The summed E-state index contributed by atoms with van der Waals surface area (Å²) in [7, 11) is 0. The van der Waals surface area contributed by atoms with Crippen molar-refractivity contribution in [1.82, 2.24) is 15.3 Å². The average molecular weight is 285 g/mol. The van der Waals surface area contributed by atoms with Crippen LogP contribution in [0.4, 0.5) is 5.82 Å². The zero-order valence-electron chi connectivity index (χ0n) is 12.0. The summed E-state index contributed by atoms with van der Waals surface area (Å²) in [5.74, 6) is 5.72. The van der Waals surface area contributed by atoms with Crippen LogP contribution in [0.15, 0.2) is 36.5 Å². The number of nitrogen functional groups attached to an aromatic ring is 1. The first-order valence-corrected chi connectivity index (χ1v) is 6.88. The van der Waals surface area contributed by atoms with E-state index in [9.17, 15) is 4.79 Å². The van der Waals surface area contributed by atoms with E-state index >= 15 is 0 Å². The molecule has 0 radical (unpaired) electrons. The van der Waals surface area contributed by atoms with Gasteiger partial charge in [-0.25, -0.2) is 10.8 Å². The minimum atomic E-state index is -0.139. The SMILES string of the molecule is CCc1cc(C(=O)NCCc2ccccn2)cc(NN)n1. The van der Waals surface area contributed by atoms with E-state index in [-0.39, 0.29) is 5.91 Å². The van der Waals surface area contributed by atoms with Crippen LogP contribution in [0.3, 0.4) is 0 Å². The van der Waals surface area contributed by atoms with Gasteiger partial charge in [-0.05, 0) is 30.7 Å². The third-order valence-electron chi connectivity index (χ3n) is 3.04. The summed E-state index contributed by atoms with van der Waals surface area (Å²) in [4.78, 5) is 20.6. The molecule has 0 fully saturated rings. The number of aryl methyl sites for hydroxylation is 1. The van der Waals surface area contributed by atoms with Crippen LogP contribution >= 0.6 is 0 Å². The molecule has 0 saturated heterocycles. The van der Waals surface area contributed by atoms with Crippen molar-refractivity contribution >= 4 is 11.7 Å². The number of anilines is 1. The zero-order chi connectivity index (χ0) is 15.1. The molecule has 6 heteroatoms. The summed E-state index contributed by atoms with van der Waals surface area (Å²) in [5, 5.41) is 2.87. The smallest absolute Gasteiger partial charge is 0.251 e. The molecule has 0 aliphatic heterocycles. The van der Waals surface area contributed by atoms with Gasteiger partial charge in [0.1, 0.15) is 5.82 Å². The van der Waals surface area contributed by atoms with Crippen LogP contribution in [0, 0.1) is 0 Å². The topological polar surface area (TPSA) is 92.9 Å². The number of hydrogen-bond donors (Lipinski definition) is 3. The lowest BCUT2D eigenvalue weighted by Crippen LogP contribution is -2.26. The van der Waals surface area contributed by atoms with Gasteiger partial charge in [-0.3, -0.25) is 9.78 Å². The highest BCUT2D eigenvalue weighted by molar-refractivity contribution is 5.95. The minimum Gasteiger partial charge on any atom is -0.352 e. The normalized spacial score (nSPS) is 10.2. The van der Waals surface area contributed by atoms with Crippen molar-refractivity contribution in [3.05, 3.63) is 53.5 Å². The molecule has 21 heavy (non-hydrogen) atoms. The van der Waals surface area contributed by atoms with E-state index in [0.29, 0.717) is 24.3 Å². The molecule has 0 spiro atoms. The maximum atomic E-state index is 12.1. The number of nitrogens with two attached hydrogens (primary N) is 1. The molecular weight excluding hydrogens is 266 g/mol. The van der Waals surface area contributed by atoms with Crippen LogP contribution in [0.2, 0.25) is 0 Å². The molecule has 0 aliphatic carbocycles. The molecule has 0 unspecified atom stereocenters. The van der Waals surface area contributed by atoms with E-state index in [2.05, 4.69) is 20.7 Å². The predicted molar refractivity (Wildman–Crippen MR) is 81.7 cm³/mol. The highest BCUT2D eigenvalue weighted by atomic mass is 16.1. The summed E-state index contributed by atoms with van der Waals surface area (Å²) in [6.07, 6.45) is 3.18. The summed E-state index contributed by atoms with van der Waals surface area (Å²) < 4.78 is 0. The first-order chi connectivity index (χ1) is 10.2. The van der Waals surface area contributed by atoms with Crippen molar-refractivity contribution in [1.29, 1.82) is 0 Å². The van der Waals surface area contributed by atoms with Crippen LogP contribution in [0.5, 0.6) is 0 Å². The molecule has 0 atom stereocenters.